The summed E-state index contributed by atoms with van der Waals surface area (Å²) in [7, 11) is -9.98. The van der Waals surface area contributed by atoms with Crippen LogP contribution in [0.15, 0.2) is 100 Å². The first kappa shape index (κ1) is 31.6. The van der Waals surface area contributed by atoms with Gasteiger partial charge in [0, 0.05) is 23.1 Å². The lowest BCUT2D eigenvalue weighted by Gasteiger charge is -2.24. The highest BCUT2D eigenvalue weighted by Gasteiger charge is 2.51. The number of ether oxygens (including phenoxy) is 1. The molecule has 0 fully saturated rings. The van der Waals surface area contributed by atoms with E-state index in [-0.39, 0.29) is 38.1 Å². The molecule has 4 aromatic rings. The molecule has 0 saturated heterocycles. The van der Waals surface area contributed by atoms with Crippen molar-refractivity contribution in [3.63, 3.8) is 0 Å². The Bertz CT molecular complexity index is 1710. The summed E-state index contributed by atoms with van der Waals surface area (Å²) in [6.07, 6.45) is 0. The minimum absolute atomic E-state index is 0.0540. The second-order valence-corrected chi connectivity index (χ2v) is 14.1. The van der Waals surface area contributed by atoms with E-state index >= 15 is 0 Å². The second kappa shape index (κ2) is 12.5. The lowest BCUT2D eigenvalue weighted by molar-refractivity contribution is 0.0557. The summed E-state index contributed by atoms with van der Waals surface area (Å²) >= 11 is 15.1. The van der Waals surface area contributed by atoms with Gasteiger partial charge in [0.05, 0.1) is 14.9 Å². The van der Waals surface area contributed by atoms with Crippen molar-refractivity contribution in [3.8, 4) is 11.5 Å². The van der Waals surface area contributed by atoms with Crippen LogP contribution in [0.3, 0.4) is 0 Å². The van der Waals surface area contributed by atoms with E-state index < -0.39 is 28.8 Å². The van der Waals surface area contributed by atoms with E-state index in [1.165, 1.54) is 48.5 Å². The van der Waals surface area contributed by atoms with Crippen LogP contribution in [0.4, 0.5) is 8.78 Å². The van der Waals surface area contributed by atoms with Crippen LogP contribution in [0, 0.1) is 0 Å². The molecule has 41 heavy (non-hydrogen) atoms. The standard InChI is InChI=1S/C27H21BrCl2F2NO6PS/c28-24-14-18(6-12-23(24)27(31,32)40(34,35)36)16-33(17-19-7-13-25(29)26(30)15-19)41(37,38)22-10-8-21(9-11-22)39-20-4-2-1-3-5-20/h1-15H,16-17H2,(H2,34,35,36). The number of alkyl halides is 2. The van der Waals surface area contributed by atoms with Gasteiger partial charge in [-0.05, 0) is 65.7 Å². The predicted molar refractivity (Wildman–Crippen MR) is 156 cm³/mol. The summed E-state index contributed by atoms with van der Waals surface area (Å²) in [5, 5.41) is 0.500. The van der Waals surface area contributed by atoms with Crippen molar-refractivity contribution >= 4 is 56.8 Å². The molecular weight excluding hydrogens is 686 g/mol. The summed E-state index contributed by atoms with van der Waals surface area (Å²) in [4.78, 5) is 18.2. The first-order valence-corrected chi connectivity index (χ1v) is 16.3. The monoisotopic (exact) mass is 705 g/mol. The molecular formula is C27H21BrCl2F2NO6PS. The average Bonchev–Trinajstić information content (AvgIpc) is 2.90. The first-order valence-electron chi connectivity index (χ1n) is 11.7. The normalized spacial score (nSPS) is 12.5. The Kier molecular flexibility index (Phi) is 9.62. The molecule has 4 rings (SSSR count). The maximum absolute atomic E-state index is 14.3. The van der Waals surface area contributed by atoms with Gasteiger partial charge in [-0.3, -0.25) is 4.57 Å². The van der Waals surface area contributed by atoms with Crippen LogP contribution in [-0.2, 0) is 33.3 Å². The summed E-state index contributed by atoms with van der Waals surface area (Å²) in [6, 6.07) is 22.6. The molecule has 0 saturated carbocycles. The Labute approximate surface area is 253 Å². The highest BCUT2D eigenvalue weighted by Crippen LogP contribution is 2.60. The Morgan fingerprint density at radius 1 is 0.829 bits per heavy atom. The van der Waals surface area contributed by atoms with Gasteiger partial charge in [0.15, 0.2) is 0 Å². The number of nitrogens with zero attached hydrogens (tertiary/aromatic N) is 1. The molecule has 2 N–H and O–H groups in total. The molecule has 0 radical (unpaired) electrons. The zero-order chi connectivity index (χ0) is 30.0. The van der Waals surface area contributed by atoms with E-state index in [2.05, 4.69) is 15.9 Å². The fraction of sp³-hybridized carbons (Fsp3) is 0.111. The lowest BCUT2D eigenvalue weighted by atomic mass is 10.1. The molecule has 0 aliphatic carbocycles. The number of para-hydroxylation sites is 1. The Balaban J connectivity index is 1.67. The van der Waals surface area contributed by atoms with Crippen LogP contribution < -0.4 is 4.74 Å². The minimum Gasteiger partial charge on any atom is -0.457 e. The number of sulfonamides is 1. The molecule has 0 atom stereocenters. The average molecular weight is 707 g/mol. The number of benzene rings is 4. The highest BCUT2D eigenvalue weighted by atomic mass is 79.9. The van der Waals surface area contributed by atoms with E-state index in [0.29, 0.717) is 17.1 Å². The van der Waals surface area contributed by atoms with Crippen molar-refractivity contribution in [1.82, 2.24) is 4.31 Å². The van der Waals surface area contributed by atoms with Crippen LogP contribution in [0.25, 0.3) is 0 Å². The third kappa shape index (κ3) is 7.36. The number of halogens is 5. The van der Waals surface area contributed by atoms with E-state index in [1.807, 2.05) is 6.07 Å². The largest absolute Gasteiger partial charge is 0.457 e. The van der Waals surface area contributed by atoms with Gasteiger partial charge in [-0.15, -0.1) is 0 Å². The van der Waals surface area contributed by atoms with Crippen molar-refractivity contribution < 1.29 is 36.3 Å². The van der Waals surface area contributed by atoms with E-state index in [9.17, 15) is 21.8 Å². The summed E-state index contributed by atoms with van der Waals surface area (Å²) in [5.41, 5.74) is -4.59. The van der Waals surface area contributed by atoms with Crippen molar-refractivity contribution in [3.05, 3.63) is 122 Å². The van der Waals surface area contributed by atoms with Gasteiger partial charge in [-0.25, -0.2) is 8.42 Å². The quantitative estimate of drug-likeness (QED) is 0.161. The van der Waals surface area contributed by atoms with Crippen molar-refractivity contribution in [2.75, 3.05) is 0 Å². The molecule has 4 aromatic carbocycles. The van der Waals surface area contributed by atoms with E-state index in [0.717, 1.165) is 10.4 Å². The van der Waals surface area contributed by atoms with Gasteiger partial charge in [0.25, 0.3) is 0 Å². The molecule has 0 heterocycles. The van der Waals surface area contributed by atoms with Gasteiger partial charge in [-0.1, -0.05) is 75.5 Å². The summed E-state index contributed by atoms with van der Waals surface area (Å²) < 4.78 is 74.1. The van der Waals surface area contributed by atoms with Gasteiger partial charge in [0.1, 0.15) is 11.5 Å². The van der Waals surface area contributed by atoms with Gasteiger partial charge < -0.3 is 14.5 Å². The molecule has 14 heteroatoms. The Hall–Kier alpha value is -2.34. The topological polar surface area (TPSA) is 104 Å². The van der Waals surface area contributed by atoms with E-state index in [1.54, 1.807) is 30.3 Å². The third-order valence-corrected chi connectivity index (χ3v) is 10.0. The van der Waals surface area contributed by atoms with Crippen molar-refractivity contribution in [1.29, 1.82) is 0 Å². The fourth-order valence-electron chi connectivity index (χ4n) is 3.78. The van der Waals surface area contributed by atoms with Crippen LogP contribution in [0.1, 0.15) is 16.7 Å². The van der Waals surface area contributed by atoms with Crippen LogP contribution in [0.5, 0.6) is 11.5 Å². The zero-order valence-corrected chi connectivity index (χ0v) is 25.6. The SMILES string of the molecule is O=P(O)(O)C(F)(F)c1ccc(CN(Cc2ccc(Cl)c(Cl)c2)S(=O)(=O)c2ccc(Oc3ccccc3)cc2)cc1Br. The van der Waals surface area contributed by atoms with Crippen molar-refractivity contribution in [2.24, 2.45) is 0 Å². The first-order chi connectivity index (χ1) is 19.2. The number of hydrogen-bond donors (Lipinski definition) is 2. The smallest absolute Gasteiger partial charge is 0.399 e. The summed E-state index contributed by atoms with van der Waals surface area (Å²) in [6.45, 7) is -0.426. The van der Waals surface area contributed by atoms with Gasteiger partial charge >= 0.3 is 13.3 Å². The number of rotatable bonds is 10. The van der Waals surface area contributed by atoms with Crippen LogP contribution in [0.2, 0.25) is 10.0 Å². The Morgan fingerprint density at radius 2 is 1.39 bits per heavy atom. The van der Waals surface area contributed by atoms with Crippen LogP contribution in [-0.4, -0.2) is 22.5 Å². The maximum atomic E-state index is 14.3. The molecule has 0 spiro atoms. The summed E-state index contributed by atoms with van der Waals surface area (Å²) in [5.74, 6) is 0.986. The molecule has 0 bridgehead atoms. The van der Waals surface area contributed by atoms with Crippen molar-refractivity contribution in [2.45, 2.75) is 23.6 Å². The predicted octanol–water partition coefficient (Wildman–Crippen LogP) is 8.17. The molecule has 216 valence electrons. The Morgan fingerprint density at radius 3 is 1.95 bits per heavy atom. The molecule has 0 unspecified atom stereocenters. The third-order valence-electron chi connectivity index (χ3n) is 5.87. The lowest BCUT2D eigenvalue weighted by Crippen LogP contribution is -2.30. The molecule has 0 aliphatic rings. The van der Waals surface area contributed by atoms with Crippen LogP contribution >= 0.6 is 46.7 Å². The van der Waals surface area contributed by atoms with Gasteiger partial charge in [0.2, 0.25) is 10.0 Å². The minimum atomic E-state index is -5.81. The highest BCUT2D eigenvalue weighted by molar-refractivity contribution is 9.10. The second-order valence-electron chi connectivity index (χ2n) is 8.81. The van der Waals surface area contributed by atoms with Gasteiger partial charge in [-0.2, -0.15) is 13.1 Å². The maximum Gasteiger partial charge on any atom is 0.399 e. The molecule has 0 aliphatic heterocycles. The fourth-order valence-corrected chi connectivity index (χ4v) is 6.86. The number of hydrogen-bond acceptors (Lipinski definition) is 4. The molecule has 0 aromatic heterocycles. The molecule has 0 amide bonds. The van der Waals surface area contributed by atoms with E-state index in [4.69, 9.17) is 37.7 Å². The molecule has 7 nitrogen and oxygen atoms in total. The zero-order valence-electron chi connectivity index (χ0n) is 20.8.